The molecule has 4 nitrogen and oxygen atoms in total. The summed E-state index contributed by atoms with van der Waals surface area (Å²) in [5.41, 5.74) is 17.0. The Balaban J connectivity index is 0.911. The summed E-state index contributed by atoms with van der Waals surface area (Å²) in [6.45, 7) is 0. The Bertz CT molecular complexity index is 3880. The van der Waals surface area contributed by atoms with Crippen LogP contribution in [0.15, 0.2) is 239 Å². The first kappa shape index (κ1) is 36.1. The van der Waals surface area contributed by atoms with E-state index in [2.05, 4.69) is 222 Å². The SMILES string of the molecule is c1ccc(-c2cccc3c2oc2ccc(-c4ccc(N(c5ccc(-c6cccc7c6c6ccccc6n7-c6ccccc6)cc5)c5ccc6c(c5)oc5ccccc56)cc4)cc23)cc1. The predicted molar refractivity (Wildman–Crippen MR) is 266 cm³/mol. The molecule has 0 fully saturated rings. The third kappa shape index (κ3) is 5.77. The van der Waals surface area contributed by atoms with Crippen LogP contribution in [0, 0.1) is 0 Å². The Labute approximate surface area is 369 Å². The topological polar surface area (TPSA) is 34.5 Å². The first-order valence-corrected chi connectivity index (χ1v) is 21.7. The van der Waals surface area contributed by atoms with E-state index in [0.29, 0.717) is 0 Å². The van der Waals surface area contributed by atoms with Crippen LogP contribution in [0.3, 0.4) is 0 Å². The molecule has 64 heavy (non-hydrogen) atoms. The number of rotatable bonds is 7. The van der Waals surface area contributed by atoms with Crippen molar-refractivity contribution in [2.24, 2.45) is 0 Å². The molecule has 3 heterocycles. The van der Waals surface area contributed by atoms with Crippen molar-refractivity contribution in [1.82, 2.24) is 4.57 Å². The van der Waals surface area contributed by atoms with Crippen LogP contribution in [-0.2, 0) is 0 Å². The van der Waals surface area contributed by atoms with Gasteiger partial charge in [-0.25, -0.2) is 0 Å². The number of hydrogen-bond acceptors (Lipinski definition) is 3. The molecule has 0 radical (unpaired) electrons. The molecule has 13 aromatic rings. The van der Waals surface area contributed by atoms with Gasteiger partial charge in [-0.1, -0.05) is 146 Å². The summed E-state index contributed by atoms with van der Waals surface area (Å²) in [4.78, 5) is 2.32. The lowest BCUT2D eigenvalue weighted by atomic mass is 9.98. The van der Waals surface area contributed by atoms with E-state index in [-0.39, 0.29) is 0 Å². The molecular weight excluding hydrogens is 781 g/mol. The Hall–Kier alpha value is -8.60. The minimum Gasteiger partial charge on any atom is -0.456 e. The largest absolute Gasteiger partial charge is 0.456 e. The zero-order valence-corrected chi connectivity index (χ0v) is 34.7. The van der Waals surface area contributed by atoms with Crippen molar-refractivity contribution in [1.29, 1.82) is 0 Å². The molecule has 3 aromatic heterocycles. The molecule has 0 bridgehead atoms. The van der Waals surface area contributed by atoms with E-state index in [1.165, 1.54) is 27.4 Å². The van der Waals surface area contributed by atoms with Crippen LogP contribution in [0.5, 0.6) is 0 Å². The van der Waals surface area contributed by atoms with Gasteiger partial charge in [-0.3, -0.25) is 0 Å². The molecular formula is C60H38N2O2. The third-order valence-electron chi connectivity index (χ3n) is 12.8. The summed E-state index contributed by atoms with van der Waals surface area (Å²) in [7, 11) is 0. The molecule has 10 aromatic carbocycles. The average molecular weight is 819 g/mol. The predicted octanol–water partition coefficient (Wildman–Crippen LogP) is 17.1. The van der Waals surface area contributed by atoms with Crippen LogP contribution >= 0.6 is 0 Å². The quantitative estimate of drug-likeness (QED) is 0.161. The molecule has 0 unspecified atom stereocenters. The van der Waals surface area contributed by atoms with Gasteiger partial charge in [0.15, 0.2) is 0 Å². The van der Waals surface area contributed by atoms with Gasteiger partial charge in [-0.15, -0.1) is 0 Å². The first-order valence-electron chi connectivity index (χ1n) is 21.7. The molecule has 13 rings (SSSR count). The van der Waals surface area contributed by atoms with E-state index in [4.69, 9.17) is 8.83 Å². The van der Waals surface area contributed by atoms with Gasteiger partial charge < -0.3 is 18.3 Å². The maximum Gasteiger partial charge on any atom is 0.143 e. The van der Waals surface area contributed by atoms with Crippen LogP contribution in [0.1, 0.15) is 0 Å². The molecule has 300 valence electrons. The van der Waals surface area contributed by atoms with Crippen molar-refractivity contribution in [2.75, 3.05) is 4.90 Å². The van der Waals surface area contributed by atoms with Crippen molar-refractivity contribution in [3.8, 4) is 39.1 Å². The summed E-state index contributed by atoms with van der Waals surface area (Å²) in [6.07, 6.45) is 0. The molecule has 0 aliphatic heterocycles. The van der Waals surface area contributed by atoms with Crippen LogP contribution in [0.2, 0.25) is 0 Å². The Morgan fingerprint density at radius 3 is 1.70 bits per heavy atom. The molecule has 0 N–H and O–H groups in total. The second-order valence-electron chi connectivity index (χ2n) is 16.5. The summed E-state index contributed by atoms with van der Waals surface area (Å²) < 4.78 is 15.3. The molecule has 0 saturated heterocycles. The van der Waals surface area contributed by atoms with Gasteiger partial charge in [0.05, 0.1) is 11.0 Å². The number of nitrogens with zero attached hydrogens (tertiary/aromatic N) is 2. The van der Waals surface area contributed by atoms with Gasteiger partial charge in [0.25, 0.3) is 0 Å². The fourth-order valence-corrected chi connectivity index (χ4v) is 9.83. The van der Waals surface area contributed by atoms with Crippen molar-refractivity contribution >= 4 is 82.7 Å². The van der Waals surface area contributed by atoms with Crippen molar-refractivity contribution in [2.45, 2.75) is 0 Å². The fourth-order valence-electron chi connectivity index (χ4n) is 9.83. The van der Waals surface area contributed by atoms with Gasteiger partial charge in [-0.2, -0.15) is 0 Å². The molecule has 0 aliphatic carbocycles. The maximum atomic E-state index is 6.51. The standard InChI is InChI=1S/C60H38N2O2/c1-3-13-40(14-4-1)48-20-11-21-51-53-37-42(29-36-57(53)64-60(48)51)39-25-30-44(31-26-39)61(46-34-35-50-49-17-8-10-24-56(49)63-58(50)38-46)45-32-27-41(28-33-45)47-19-12-23-55-59(47)52-18-7-9-22-54(52)62(55)43-15-5-2-6-16-43/h1-38H. The number of furan rings is 2. The minimum absolute atomic E-state index is 0.856. The summed E-state index contributed by atoms with van der Waals surface area (Å²) in [5.74, 6) is 0. The zero-order chi connectivity index (χ0) is 42.1. The van der Waals surface area contributed by atoms with Crippen LogP contribution in [-0.4, -0.2) is 4.57 Å². The molecule has 0 spiro atoms. The highest BCUT2D eigenvalue weighted by Gasteiger charge is 2.19. The average Bonchev–Trinajstić information content (AvgIpc) is 4.04. The molecule has 4 heteroatoms. The Morgan fingerprint density at radius 1 is 0.312 bits per heavy atom. The van der Waals surface area contributed by atoms with E-state index >= 15 is 0 Å². The van der Waals surface area contributed by atoms with E-state index in [1.54, 1.807) is 0 Å². The van der Waals surface area contributed by atoms with Gasteiger partial charge in [0.1, 0.15) is 22.3 Å². The summed E-state index contributed by atoms with van der Waals surface area (Å²) >= 11 is 0. The van der Waals surface area contributed by atoms with E-state index < -0.39 is 0 Å². The molecule has 0 atom stereocenters. The zero-order valence-electron chi connectivity index (χ0n) is 34.7. The van der Waals surface area contributed by atoms with Gasteiger partial charge >= 0.3 is 0 Å². The van der Waals surface area contributed by atoms with Gasteiger partial charge in [-0.05, 0) is 107 Å². The minimum atomic E-state index is 0.856. The lowest BCUT2D eigenvalue weighted by molar-refractivity contribution is 0.669. The van der Waals surface area contributed by atoms with E-state index in [1.807, 2.05) is 18.2 Å². The van der Waals surface area contributed by atoms with Gasteiger partial charge in [0.2, 0.25) is 0 Å². The second-order valence-corrected chi connectivity index (χ2v) is 16.5. The van der Waals surface area contributed by atoms with E-state index in [0.717, 1.165) is 94.4 Å². The molecule has 0 aliphatic rings. The van der Waals surface area contributed by atoms with Crippen LogP contribution < -0.4 is 4.90 Å². The van der Waals surface area contributed by atoms with Gasteiger partial charge in [0, 0.05) is 66.7 Å². The Kier molecular flexibility index (Phi) is 8.18. The van der Waals surface area contributed by atoms with Crippen molar-refractivity contribution in [3.63, 3.8) is 0 Å². The number of benzene rings is 10. The number of fused-ring (bicyclic) bond motifs is 9. The normalized spacial score (nSPS) is 11.8. The van der Waals surface area contributed by atoms with Crippen molar-refractivity contribution in [3.05, 3.63) is 231 Å². The van der Waals surface area contributed by atoms with Crippen LogP contribution in [0.4, 0.5) is 17.1 Å². The monoisotopic (exact) mass is 818 g/mol. The number of hydrogen-bond donors (Lipinski definition) is 0. The van der Waals surface area contributed by atoms with E-state index in [9.17, 15) is 0 Å². The highest BCUT2D eigenvalue weighted by atomic mass is 16.3. The number of anilines is 3. The van der Waals surface area contributed by atoms with Crippen molar-refractivity contribution < 1.29 is 8.83 Å². The Morgan fingerprint density at radius 2 is 0.891 bits per heavy atom. The lowest BCUT2D eigenvalue weighted by Crippen LogP contribution is -2.09. The number of aromatic nitrogens is 1. The van der Waals surface area contributed by atoms with Crippen LogP contribution in [0.25, 0.3) is 105 Å². The molecule has 0 saturated carbocycles. The fraction of sp³-hybridized carbons (Fsp3) is 0. The third-order valence-corrected chi connectivity index (χ3v) is 12.8. The number of para-hydroxylation sites is 4. The summed E-state index contributed by atoms with van der Waals surface area (Å²) in [5, 5.41) is 6.92. The first-order chi connectivity index (χ1) is 31.7. The molecule has 0 amide bonds. The smallest absolute Gasteiger partial charge is 0.143 e. The lowest BCUT2D eigenvalue weighted by Gasteiger charge is -2.26. The summed E-state index contributed by atoms with van der Waals surface area (Å²) in [6, 6.07) is 82.1. The second kappa shape index (κ2) is 14.5. The maximum absolute atomic E-state index is 6.51. The highest BCUT2D eigenvalue weighted by molar-refractivity contribution is 6.16. The highest BCUT2D eigenvalue weighted by Crippen LogP contribution is 2.43.